The van der Waals surface area contributed by atoms with Gasteiger partial charge in [0.05, 0.1) is 10.9 Å². The van der Waals surface area contributed by atoms with Gasteiger partial charge in [0.1, 0.15) is 5.75 Å². The number of aliphatic imine (C=N–C) groups is 1. The van der Waals surface area contributed by atoms with Crippen LogP contribution in [0.4, 0.5) is 5.69 Å². The standard InChI is InChI=1S/C31H37N3O3S/c1-22-16-18-25(19-17-22)32-29(35)21-37-27-15-9-8-10-23(27)20-28-30(36)34(26-13-6-3-7-14-26)31(38-28)33-24-11-4-2-5-12-24/h8-10,15-20,24,26H,2-7,11-14,21H2,1H3,(H,32,35). The Bertz CT molecular complexity index is 1200. The fraction of sp³-hybridized carbons (Fsp3) is 0.452. The van der Waals surface area contributed by atoms with Crippen molar-refractivity contribution in [2.75, 3.05) is 11.9 Å². The van der Waals surface area contributed by atoms with Crippen molar-refractivity contribution in [3.63, 3.8) is 0 Å². The number of rotatable bonds is 7. The first-order valence-corrected chi connectivity index (χ1v) is 14.8. The van der Waals surface area contributed by atoms with Crippen LogP contribution in [-0.2, 0) is 9.59 Å². The number of hydrogen-bond donors (Lipinski definition) is 1. The Morgan fingerprint density at radius 2 is 1.68 bits per heavy atom. The van der Waals surface area contributed by atoms with Crippen molar-refractivity contribution in [3.8, 4) is 5.75 Å². The van der Waals surface area contributed by atoms with Gasteiger partial charge >= 0.3 is 0 Å². The second kappa shape index (κ2) is 12.7. The first-order valence-electron chi connectivity index (χ1n) is 14.0. The van der Waals surface area contributed by atoms with E-state index in [4.69, 9.17) is 9.73 Å². The van der Waals surface area contributed by atoms with Crippen LogP contribution in [0.2, 0.25) is 0 Å². The second-order valence-electron chi connectivity index (χ2n) is 10.5. The number of thioether (sulfide) groups is 1. The number of carbonyl (C=O) groups is 2. The van der Waals surface area contributed by atoms with Crippen molar-refractivity contribution < 1.29 is 14.3 Å². The Morgan fingerprint density at radius 3 is 2.42 bits per heavy atom. The molecule has 38 heavy (non-hydrogen) atoms. The van der Waals surface area contributed by atoms with Crippen LogP contribution in [0.3, 0.4) is 0 Å². The van der Waals surface area contributed by atoms with E-state index in [0.29, 0.717) is 16.7 Å². The van der Waals surface area contributed by atoms with Gasteiger partial charge in [-0.15, -0.1) is 0 Å². The normalized spacial score (nSPS) is 21.3. The Hall–Kier alpha value is -3.06. The van der Waals surface area contributed by atoms with Crippen LogP contribution in [0.5, 0.6) is 5.75 Å². The lowest BCUT2D eigenvalue weighted by molar-refractivity contribution is -0.124. The first kappa shape index (κ1) is 26.5. The van der Waals surface area contributed by atoms with Crippen molar-refractivity contribution in [1.82, 2.24) is 4.90 Å². The molecule has 6 nitrogen and oxygen atoms in total. The van der Waals surface area contributed by atoms with Crippen LogP contribution < -0.4 is 10.1 Å². The summed E-state index contributed by atoms with van der Waals surface area (Å²) >= 11 is 1.50. The van der Waals surface area contributed by atoms with E-state index in [2.05, 4.69) is 5.32 Å². The predicted octanol–water partition coefficient (Wildman–Crippen LogP) is 6.95. The minimum absolute atomic E-state index is 0.0448. The Balaban J connectivity index is 1.32. The zero-order valence-electron chi connectivity index (χ0n) is 22.2. The summed E-state index contributed by atoms with van der Waals surface area (Å²) in [6, 6.07) is 15.8. The molecule has 2 aromatic rings. The number of amidine groups is 1. The highest BCUT2D eigenvalue weighted by atomic mass is 32.2. The largest absolute Gasteiger partial charge is 0.483 e. The molecule has 0 atom stereocenters. The van der Waals surface area contributed by atoms with Gasteiger partial charge in [-0.05, 0) is 68.6 Å². The van der Waals surface area contributed by atoms with Gasteiger partial charge in [0, 0.05) is 17.3 Å². The van der Waals surface area contributed by atoms with Gasteiger partial charge in [0.2, 0.25) is 0 Å². The van der Waals surface area contributed by atoms with Crippen LogP contribution in [0.15, 0.2) is 58.4 Å². The van der Waals surface area contributed by atoms with E-state index in [0.717, 1.165) is 60.5 Å². The molecule has 1 saturated heterocycles. The molecule has 3 fully saturated rings. The lowest BCUT2D eigenvalue weighted by atomic mass is 9.94. The third-order valence-electron chi connectivity index (χ3n) is 7.54. The number of nitrogens with zero attached hydrogens (tertiary/aromatic N) is 2. The highest BCUT2D eigenvalue weighted by Crippen LogP contribution is 2.39. The molecule has 0 spiro atoms. The van der Waals surface area contributed by atoms with E-state index in [1.807, 2.05) is 66.4 Å². The summed E-state index contributed by atoms with van der Waals surface area (Å²) in [7, 11) is 0. The number of benzene rings is 2. The third-order valence-corrected chi connectivity index (χ3v) is 8.54. The zero-order valence-corrected chi connectivity index (χ0v) is 23.0. The van der Waals surface area contributed by atoms with Gasteiger partial charge in [0.15, 0.2) is 11.8 Å². The lowest BCUT2D eigenvalue weighted by Gasteiger charge is -2.31. The highest BCUT2D eigenvalue weighted by molar-refractivity contribution is 8.18. The first-order chi connectivity index (χ1) is 18.6. The number of ether oxygens (including phenoxy) is 1. The summed E-state index contributed by atoms with van der Waals surface area (Å²) < 4.78 is 5.91. The van der Waals surface area contributed by atoms with Gasteiger partial charge in [-0.3, -0.25) is 19.5 Å². The molecule has 7 heteroatoms. The summed E-state index contributed by atoms with van der Waals surface area (Å²) in [6.07, 6.45) is 13.5. The molecule has 1 aliphatic heterocycles. The second-order valence-corrected chi connectivity index (χ2v) is 11.5. The molecule has 3 aliphatic rings. The quantitative estimate of drug-likeness (QED) is 0.393. The molecular weight excluding hydrogens is 494 g/mol. The number of amides is 2. The Morgan fingerprint density at radius 1 is 1.00 bits per heavy atom. The number of para-hydroxylation sites is 1. The molecule has 5 rings (SSSR count). The minimum atomic E-state index is -0.229. The van der Waals surface area contributed by atoms with Gasteiger partial charge in [-0.2, -0.15) is 0 Å². The Kier molecular flexibility index (Phi) is 8.84. The Labute approximate surface area is 229 Å². The third kappa shape index (κ3) is 6.68. The van der Waals surface area contributed by atoms with Gasteiger partial charge in [-0.1, -0.05) is 74.4 Å². The number of carbonyl (C=O) groups excluding carboxylic acids is 2. The number of hydrogen-bond acceptors (Lipinski definition) is 5. The molecule has 1 heterocycles. The van der Waals surface area contributed by atoms with E-state index in [9.17, 15) is 9.59 Å². The van der Waals surface area contributed by atoms with Crippen LogP contribution >= 0.6 is 11.8 Å². The topological polar surface area (TPSA) is 71.0 Å². The summed E-state index contributed by atoms with van der Waals surface area (Å²) in [6.45, 7) is 1.89. The van der Waals surface area contributed by atoms with E-state index in [1.54, 1.807) is 0 Å². The molecule has 1 N–H and O–H groups in total. The minimum Gasteiger partial charge on any atom is -0.483 e. The van der Waals surface area contributed by atoms with Crippen molar-refractivity contribution in [1.29, 1.82) is 0 Å². The average Bonchev–Trinajstić information content (AvgIpc) is 3.24. The van der Waals surface area contributed by atoms with E-state index < -0.39 is 0 Å². The zero-order chi connectivity index (χ0) is 26.3. The summed E-state index contributed by atoms with van der Waals surface area (Å²) in [5.41, 5.74) is 2.66. The van der Waals surface area contributed by atoms with Crippen LogP contribution in [0.1, 0.15) is 75.3 Å². The maximum atomic E-state index is 13.7. The summed E-state index contributed by atoms with van der Waals surface area (Å²) in [4.78, 5) is 34.0. The molecule has 2 aromatic carbocycles. The fourth-order valence-corrected chi connectivity index (χ4v) is 6.55. The maximum Gasteiger partial charge on any atom is 0.267 e. The number of anilines is 1. The molecular formula is C31H37N3O3S. The average molecular weight is 532 g/mol. The lowest BCUT2D eigenvalue weighted by Crippen LogP contribution is -2.41. The molecule has 0 aromatic heterocycles. The molecule has 2 saturated carbocycles. The van der Waals surface area contributed by atoms with Crippen LogP contribution in [0.25, 0.3) is 6.08 Å². The molecule has 2 aliphatic carbocycles. The molecule has 0 radical (unpaired) electrons. The monoisotopic (exact) mass is 531 g/mol. The number of aryl methyl sites for hydroxylation is 1. The SMILES string of the molecule is Cc1ccc(NC(=O)COc2ccccc2C=C2SC(=NC3CCCCC3)N(C3CCCCC3)C2=O)cc1. The van der Waals surface area contributed by atoms with Crippen LogP contribution in [-0.4, -0.2) is 40.6 Å². The van der Waals surface area contributed by atoms with Crippen molar-refractivity contribution in [2.24, 2.45) is 4.99 Å². The van der Waals surface area contributed by atoms with Gasteiger partial charge in [-0.25, -0.2) is 0 Å². The van der Waals surface area contributed by atoms with Crippen LogP contribution in [0, 0.1) is 6.92 Å². The van der Waals surface area contributed by atoms with E-state index in [-0.39, 0.29) is 24.5 Å². The summed E-state index contributed by atoms with van der Waals surface area (Å²) in [5.74, 6) is 0.394. The smallest absolute Gasteiger partial charge is 0.267 e. The van der Waals surface area contributed by atoms with Gasteiger partial charge < -0.3 is 10.1 Å². The molecule has 0 unspecified atom stereocenters. The maximum absolute atomic E-state index is 13.7. The molecule has 0 bridgehead atoms. The fourth-order valence-electron chi connectivity index (χ4n) is 5.45. The van der Waals surface area contributed by atoms with Crippen molar-refractivity contribution in [3.05, 3.63) is 64.6 Å². The van der Waals surface area contributed by atoms with E-state index >= 15 is 0 Å². The number of nitrogens with one attached hydrogen (secondary N) is 1. The van der Waals surface area contributed by atoms with E-state index in [1.165, 1.54) is 37.4 Å². The summed E-state index contributed by atoms with van der Waals surface area (Å²) in [5, 5.41) is 3.74. The highest BCUT2D eigenvalue weighted by Gasteiger charge is 2.39. The van der Waals surface area contributed by atoms with Crippen molar-refractivity contribution >= 4 is 40.5 Å². The van der Waals surface area contributed by atoms with Crippen molar-refractivity contribution in [2.45, 2.75) is 83.2 Å². The molecule has 200 valence electrons. The predicted molar refractivity (Wildman–Crippen MR) is 155 cm³/mol. The molecule has 2 amide bonds. The van der Waals surface area contributed by atoms with Gasteiger partial charge in [0.25, 0.3) is 11.8 Å².